The van der Waals surface area contributed by atoms with Crippen LogP contribution in [0.5, 0.6) is 0 Å². The van der Waals surface area contributed by atoms with Crippen LogP contribution in [0.3, 0.4) is 0 Å². The van der Waals surface area contributed by atoms with Gasteiger partial charge in [0.15, 0.2) is 0 Å². The van der Waals surface area contributed by atoms with Crippen LogP contribution in [-0.2, 0) is 4.79 Å². The van der Waals surface area contributed by atoms with E-state index in [1.807, 2.05) is 25.1 Å². The first-order valence-electron chi connectivity index (χ1n) is 7.37. The van der Waals surface area contributed by atoms with Crippen molar-refractivity contribution in [2.24, 2.45) is 0 Å². The molecule has 1 heterocycles. The molecule has 0 saturated carbocycles. The molecule has 0 radical (unpaired) electrons. The first-order chi connectivity index (χ1) is 9.78. The minimum Gasteiger partial charge on any atom is -0.397 e. The highest BCUT2D eigenvalue weighted by molar-refractivity contribution is 5.95. The summed E-state index contributed by atoms with van der Waals surface area (Å²) in [5.41, 5.74) is 8.42. The average Bonchev–Trinajstić information content (AvgIpc) is 2.37. The molecule has 0 unspecified atom stereocenters. The first-order valence-corrected chi connectivity index (χ1v) is 7.37. The molecular formula is C16H26N4O. The number of amides is 1. The zero-order chi connectivity index (χ0) is 15.6. The largest absolute Gasteiger partial charge is 0.397 e. The van der Waals surface area contributed by atoms with Crippen LogP contribution >= 0.6 is 0 Å². The van der Waals surface area contributed by atoms with Gasteiger partial charge in [-0.05, 0) is 45.5 Å². The van der Waals surface area contributed by atoms with Crippen LogP contribution in [0.25, 0.3) is 0 Å². The molecule has 1 aliphatic rings. The van der Waals surface area contributed by atoms with Crippen LogP contribution in [0.15, 0.2) is 18.2 Å². The summed E-state index contributed by atoms with van der Waals surface area (Å²) in [5.74, 6) is -0.00842. The van der Waals surface area contributed by atoms with E-state index in [9.17, 15) is 4.79 Å². The molecule has 3 N–H and O–H groups in total. The number of nitrogen functional groups attached to an aromatic ring is 1. The van der Waals surface area contributed by atoms with Gasteiger partial charge in [-0.3, -0.25) is 14.6 Å². The monoisotopic (exact) mass is 290 g/mol. The third kappa shape index (κ3) is 3.95. The van der Waals surface area contributed by atoms with Crippen molar-refractivity contribution < 1.29 is 4.79 Å². The summed E-state index contributed by atoms with van der Waals surface area (Å²) in [7, 11) is 2.13. The zero-order valence-electron chi connectivity index (χ0n) is 13.4. The highest BCUT2D eigenvalue weighted by atomic mass is 16.2. The summed E-state index contributed by atoms with van der Waals surface area (Å²) >= 11 is 0. The Hall–Kier alpha value is -1.59. The Kier molecular flexibility index (Phi) is 4.54. The molecule has 1 aromatic rings. The smallest absolute Gasteiger partial charge is 0.238 e. The SMILES string of the molecule is Cc1ccc(NC(=O)CN2CCN(C)C(C)(C)C2)c(N)c1. The van der Waals surface area contributed by atoms with Gasteiger partial charge >= 0.3 is 0 Å². The molecule has 5 nitrogen and oxygen atoms in total. The molecule has 1 aliphatic heterocycles. The minimum atomic E-state index is -0.00842. The zero-order valence-corrected chi connectivity index (χ0v) is 13.4. The van der Waals surface area contributed by atoms with Gasteiger partial charge in [0, 0.05) is 25.2 Å². The number of carbonyl (C=O) groups excluding carboxylic acids is 1. The molecular weight excluding hydrogens is 264 g/mol. The summed E-state index contributed by atoms with van der Waals surface area (Å²) in [5, 5.41) is 2.90. The second-order valence-corrected chi connectivity index (χ2v) is 6.58. The number of rotatable bonds is 3. The number of likely N-dealkylation sites (N-methyl/N-ethyl adjacent to an activating group) is 1. The summed E-state index contributed by atoms with van der Waals surface area (Å²) in [6.45, 7) is 9.58. The van der Waals surface area contributed by atoms with E-state index in [1.54, 1.807) is 0 Å². The third-order valence-corrected chi connectivity index (χ3v) is 4.24. The van der Waals surface area contributed by atoms with Gasteiger partial charge in [-0.15, -0.1) is 0 Å². The lowest BCUT2D eigenvalue weighted by Crippen LogP contribution is -2.58. The van der Waals surface area contributed by atoms with E-state index >= 15 is 0 Å². The summed E-state index contributed by atoms with van der Waals surface area (Å²) < 4.78 is 0. The Morgan fingerprint density at radius 2 is 2.10 bits per heavy atom. The lowest BCUT2D eigenvalue weighted by atomic mass is 10.00. The van der Waals surface area contributed by atoms with Crippen LogP contribution in [0.4, 0.5) is 11.4 Å². The molecule has 0 atom stereocenters. The number of anilines is 2. The molecule has 1 amide bonds. The molecule has 0 spiro atoms. The predicted molar refractivity (Wildman–Crippen MR) is 87.4 cm³/mol. The number of hydrogen-bond donors (Lipinski definition) is 2. The van der Waals surface area contributed by atoms with Gasteiger partial charge in [0.1, 0.15) is 0 Å². The molecule has 2 rings (SSSR count). The van der Waals surface area contributed by atoms with E-state index in [1.165, 1.54) is 0 Å². The Balaban J connectivity index is 1.93. The van der Waals surface area contributed by atoms with Crippen molar-refractivity contribution in [3.05, 3.63) is 23.8 Å². The van der Waals surface area contributed by atoms with Crippen molar-refractivity contribution in [1.29, 1.82) is 0 Å². The molecule has 0 aromatic heterocycles. The fourth-order valence-corrected chi connectivity index (χ4v) is 2.66. The van der Waals surface area contributed by atoms with Crippen molar-refractivity contribution in [1.82, 2.24) is 9.80 Å². The predicted octanol–water partition coefficient (Wildman–Crippen LogP) is 1.54. The van der Waals surface area contributed by atoms with Gasteiger partial charge in [-0.2, -0.15) is 0 Å². The van der Waals surface area contributed by atoms with Gasteiger partial charge in [-0.1, -0.05) is 6.07 Å². The van der Waals surface area contributed by atoms with Crippen molar-refractivity contribution >= 4 is 17.3 Å². The number of nitrogens with two attached hydrogens (primary N) is 1. The Morgan fingerprint density at radius 1 is 1.38 bits per heavy atom. The normalized spacial score (nSPS) is 19.4. The lowest BCUT2D eigenvalue weighted by Gasteiger charge is -2.45. The molecule has 1 saturated heterocycles. The second kappa shape index (κ2) is 6.03. The van der Waals surface area contributed by atoms with Gasteiger partial charge in [0.05, 0.1) is 17.9 Å². The molecule has 1 aromatic carbocycles. The van der Waals surface area contributed by atoms with Gasteiger partial charge < -0.3 is 11.1 Å². The maximum Gasteiger partial charge on any atom is 0.238 e. The van der Waals surface area contributed by atoms with Gasteiger partial charge in [0.25, 0.3) is 0 Å². The van der Waals surface area contributed by atoms with E-state index in [0.29, 0.717) is 17.9 Å². The van der Waals surface area contributed by atoms with Crippen LogP contribution in [0.2, 0.25) is 0 Å². The summed E-state index contributed by atoms with van der Waals surface area (Å²) in [6, 6.07) is 5.68. The van der Waals surface area contributed by atoms with Crippen LogP contribution in [0, 0.1) is 6.92 Å². The fourth-order valence-electron chi connectivity index (χ4n) is 2.66. The fraction of sp³-hybridized carbons (Fsp3) is 0.562. The number of carbonyl (C=O) groups is 1. The highest BCUT2D eigenvalue weighted by Gasteiger charge is 2.31. The Labute approximate surface area is 127 Å². The van der Waals surface area contributed by atoms with Crippen LogP contribution < -0.4 is 11.1 Å². The molecule has 21 heavy (non-hydrogen) atoms. The molecule has 1 fully saturated rings. The Morgan fingerprint density at radius 3 is 2.71 bits per heavy atom. The standard InChI is InChI=1S/C16H26N4O/c1-12-5-6-14(13(17)9-12)18-15(21)10-20-8-7-19(4)16(2,3)11-20/h5-6,9H,7-8,10-11,17H2,1-4H3,(H,18,21). The van der Waals surface area contributed by atoms with E-state index < -0.39 is 0 Å². The maximum absolute atomic E-state index is 12.2. The maximum atomic E-state index is 12.2. The highest BCUT2D eigenvalue weighted by Crippen LogP contribution is 2.21. The lowest BCUT2D eigenvalue weighted by molar-refractivity contribution is -0.118. The quantitative estimate of drug-likeness (QED) is 0.829. The van der Waals surface area contributed by atoms with E-state index in [2.05, 4.69) is 36.0 Å². The van der Waals surface area contributed by atoms with Crippen molar-refractivity contribution in [2.75, 3.05) is 44.3 Å². The number of hydrogen-bond acceptors (Lipinski definition) is 4. The van der Waals surface area contributed by atoms with E-state index in [-0.39, 0.29) is 11.4 Å². The number of piperazine rings is 1. The number of nitrogens with one attached hydrogen (secondary N) is 1. The first kappa shape index (κ1) is 15.8. The number of benzene rings is 1. The molecule has 0 aliphatic carbocycles. The summed E-state index contributed by atoms with van der Waals surface area (Å²) in [4.78, 5) is 16.7. The topological polar surface area (TPSA) is 61.6 Å². The van der Waals surface area contributed by atoms with Crippen molar-refractivity contribution in [3.63, 3.8) is 0 Å². The van der Waals surface area contributed by atoms with Crippen molar-refractivity contribution in [3.8, 4) is 0 Å². The van der Waals surface area contributed by atoms with E-state index in [0.717, 1.165) is 25.2 Å². The van der Waals surface area contributed by atoms with E-state index in [4.69, 9.17) is 5.73 Å². The van der Waals surface area contributed by atoms with Crippen molar-refractivity contribution in [2.45, 2.75) is 26.3 Å². The average molecular weight is 290 g/mol. The molecule has 116 valence electrons. The second-order valence-electron chi connectivity index (χ2n) is 6.58. The molecule has 0 bridgehead atoms. The molecule has 5 heteroatoms. The third-order valence-electron chi connectivity index (χ3n) is 4.24. The van der Waals surface area contributed by atoms with Gasteiger partial charge in [0.2, 0.25) is 5.91 Å². The Bertz CT molecular complexity index is 527. The van der Waals surface area contributed by atoms with Crippen LogP contribution in [0.1, 0.15) is 19.4 Å². The number of nitrogens with zero attached hydrogens (tertiary/aromatic N) is 2. The minimum absolute atomic E-state index is 0.00842. The van der Waals surface area contributed by atoms with Gasteiger partial charge in [-0.25, -0.2) is 0 Å². The van der Waals surface area contributed by atoms with Crippen LogP contribution in [-0.4, -0.2) is 54.5 Å². The summed E-state index contributed by atoms with van der Waals surface area (Å²) in [6.07, 6.45) is 0. The number of aryl methyl sites for hydroxylation is 1.